The predicted molar refractivity (Wildman–Crippen MR) is 109 cm³/mol. The van der Waals surface area contributed by atoms with Crippen LogP contribution in [0.1, 0.15) is 26.5 Å². The number of anilines is 1. The van der Waals surface area contributed by atoms with Crippen LogP contribution >= 0.6 is 7.82 Å². The topological polar surface area (TPSA) is 199 Å². The van der Waals surface area contributed by atoms with Gasteiger partial charge in [-0.15, -0.1) is 0 Å². The highest BCUT2D eigenvalue weighted by Gasteiger charge is 2.60. The van der Waals surface area contributed by atoms with Crippen molar-refractivity contribution in [1.29, 1.82) is 0 Å². The van der Waals surface area contributed by atoms with E-state index in [9.17, 15) is 32.8 Å². The van der Waals surface area contributed by atoms with Gasteiger partial charge in [0.05, 0.1) is 13.0 Å². The lowest BCUT2D eigenvalue weighted by atomic mass is 10.1. The van der Waals surface area contributed by atoms with Gasteiger partial charge in [0.1, 0.15) is 11.9 Å². The second-order valence-electron chi connectivity index (χ2n) is 7.50. The number of phosphoric ester groups is 1. The second-order valence-corrected chi connectivity index (χ2v) is 8.74. The minimum absolute atomic E-state index is 0.0292. The van der Waals surface area contributed by atoms with E-state index in [1.165, 1.54) is 0 Å². The van der Waals surface area contributed by atoms with Gasteiger partial charge in [0.2, 0.25) is 6.23 Å². The van der Waals surface area contributed by atoms with Gasteiger partial charge in [-0.25, -0.2) is 9.36 Å². The van der Waals surface area contributed by atoms with Gasteiger partial charge in [-0.3, -0.25) is 18.7 Å². The maximum absolute atomic E-state index is 14.4. The molecule has 0 aromatic carbocycles. The van der Waals surface area contributed by atoms with Gasteiger partial charge in [-0.2, -0.15) is 13.8 Å². The highest BCUT2D eigenvalue weighted by molar-refractivity contribution is 7.46. The quantitative estimate of drug-likeness (QED) is 0.181. The number of alkyl halides is 2. The number of nitrogens with one attached hydrogen (secondary N) is 2. The molecule has 0 spiro atoms. The van der Waals surface area contributed by atoms with E-state index in [0.29, 0.717) is 11.1 Å². The molecule has 2 rings (SSSR count). The molecule has 1 aromatic heterocycles. The smallest absolute Gasteiger partial charge is 0.456 e. The molecule has 1 aliphatic heterocycles. The van der Waals surface area contributed by atoms with Gasteiger partial charge in [0.25, 0.3) is 5.91 Å². The standard InChI is InChI=1S/C17H25F2N4O10P/c1-9(2)20-5-3-13(25)31-8-12(24)21-11-4-6-23(16(27)22-11)15-17(18,19)14(26)10(33-15)7-32-34(28,29)30/h4,6,9-10,14-15,20,26H,3,5,7-8H2,1-2H3,(H2,28,29,30)(H,21,22,24,27)/t10-,14-,15-/m1/s1. The number of aromatic nitrogens is 2. The Bertz CT molecular complexity index is 985. The molecule has 1 fully saturated rings. The lowest BCUT2D eigenvalue weighted by Crippen LogP contribution is -2.42. The summed E-state index contributed by atoms with van der Waals surface area (Å²) in [7, 11) is -5.02. The maximum atomic E-state index is 14.4. The van der Waals surface area contributed by atoms with Crippen LogP contribution in [-0.2, 0) is 28.2 Å². The van der Waals surface area contributed by atoms with E-state index in [1.54, 1.807) is 0 Å². The van der Waals surface area contributed by atoms with E-state index in [0.717, 1.165) is 12.3 Å². The predicted octanol–water partition coefficient (Wildman–Crippen LogP) is -0.884. The molecule has 34 heavy (non-hydrogen) atoms. The number of aliphatic hydroxyl groups excluding tert-OH is 1. The molecule has 0 bridgehead atoms. The minimum atomic E-state index is -5.02. The minimum Gasteiger partial charge on any atom is -0.456 e. The fourth-order valence-corrected chi connectivity index (χ4v) is 3.14. The first-order chi connectivity index (χ1) is 15.7. The monoisotopic (exact) mass is 514 g/mol. The summed E-state index contributed by atoms with van der Waals surface area (Å²) in [6, 6.07) is 1.15. The molecule has 3 atom stereocenters. The molecule has 0 saturated carbocycles. The summed E-state index contributed by atoms with van der Waals surface area (Å²) in [6.07, 6.45) is -5.92. The van der Waals surface area contributed by atoms with E-state index >= 15 is 0 Å². The van der Waals surface area contributed by atoms with Crippen molar-refractivity contribution in [1.82, 2.24) is 14.9 Å². The number of halogens is 2. The first-order valence-electron chi connectivity index (χ1n) is 9.90. The molecule has 1 amide bonds. The Morgan fingerprint density at radius 2 is 2.06 bits per heavy atom. The van der Waals surface area contributed by atoms with Gasteiger partial charge >= 0.3 is 25.4 Å². The Kier molecular flexibility index (Phi) is 9.36. The average Bonchev–Trinajstić information content (AvgIpc) is 2.93. The Labute approximate surface area is 191 Å². The van der Waals surface area contributed by atoms with Gasteiger partial charge in [-0.05, 0) is 6.07 Å². The van der Waals surface area contributed by atoms with Crippen molar-refractivity contribution in [2.24, 2.45) is 0 Å². The molecule has 0 radical (unpaired) electrons. The van der Waals surface area contributed by atoms with Gasteiger partial charge in [-0.1, -0.05) is 13.8 Å². The molecule has 0 aliphatic carbocycles. The lowest BCUT2D eigenvalue weighted by Gasteiger charge is -2.21. The van der Waals surface area contributed by atoms with Gasteiger partial charge in [0, 0.05) is 18.8 Å². The number of aliphatic hydroxyl groups is 1. The van der Waals surface area contributed by atoms with Crippen molar-refractivity contribution in [3.8, 4) is 0 Å². The number of phosphoric acid groups is 1. The number of amides is 1. The van der Waals surface area contributed by atoms with Crippen LogP contribution < -0.4 is 16.3 Å². The van der Waals surface area contributed by atoms with Crippen LogP contribution in [0, 0.1) is 0 Å². The third kappa shape index (κ3) is 7.87. The Morgan fingerprint density at radius 1 is 1.38 bits per heavy atom. The molecule has 1 saturated heterocycles. The number of hydrogen-bond acceptors (Lipinski definition) is 10. The maximum Gasteiger partial charge on any atom is 0.469 e. The largest absolute Gasteiger partial charge is 0.469 e. The molecule has 1 aliphatic rings. The summed E-state index contributed by atoms with van der Waals surface area (Å²) < 4.78 is 53.7. The number of nitrogens with zero attached hydrogens (tertiary/aromatic N) is 2. The van der Waals surface area contributed by atoms with Crippen molar-refractivity contribution < 1.29 is 51.8 Å². The molecular weight excluding hydrogens is 489 g/mol. The van der Waals surface area contributed by atoms with E-state index in [2.05, 4.69) is 20.1 Å². The van der Waals surface area contributed by atoms with Crippen LogP contribution in [0.2, 0.25) is 0 Å². The van der Waals surface area contributed by atoms with Gasteiger partial charge in [0.15, 0.2) is 12.7 Å². The fourth-order valence-electron chi connectivity index (χ4n) is 2.80. The Morgan fingerprint density at radius 3 is 2.65 bits per heavy atom. The molecular formula is C17H25F2N4O10P. The number of carbonyl (C=O) groups excluding carboxylic acids is 2. The Balaban J connectivity index is 1.98. The third-order valence-corrected chi connectivity index (χ3v) is 4.87. The Hall–Kier alpha value is -2.33. The molecule has 5 N–H and O–H groups in total. The van der Waals surface area contributed by atoms with Crippen LogP contribution in [0.4, 0.5) is 14.6 Å². The normalized spacial score (nSPS) is 22.1. The van der Waals surface area contributed by atoms with E-state index in [4.69, 9.17) is 19.3 Å². The summed E-state index contributed by atoms with van der Waals surface area (Å²) in [5.74, 6) is -5.84. The number of carbonyl (C=O) groups is 2. The van der Waals surface area contributed by atoms with E-state index in [1.807, 2.05) is 13.8 Å². The molecule has 0 unspecified atom stereocenters. The van der Waals surface area contributed by atoms with Crippen molar-refractivity contribution >= 4 is 25.5 Å². The first kappa shape index (κ1) is 27.9. The molecule has 192 valence electrons. The first-order valence-corrected chi connectivity index (χ1v) is 11.4. The number of hydrogen-bond donors (Lipinski definition) is 5. The zero-order valence-electron chi connectivity index (χ0n) is 18.1. The average molecular weight is 514 g/mol. The molecule has 1 aromatic rings. The third-order valence-electron chi connectivity index (χ3n) is 4.38. The zero-order chi connectivity index (χ0) is 25.7. The van der Waals surface area contributed by atoms with Crippen LogP contribution in [-0.4, -0.2) is 80.3 Å². The summed E-state index contributed by atoms with van der Waals surface area (Å²) in [5, 5.41) is 14.9. The van der Waals surface area contributed by atoms with Crippen LogP contribution in [0.15, 0.2) is 17.1 Å². The summed E-state index contributed by atoms with van der Waals surface area (Å²) in [5.41, 5.74) is -1.29. The van der Waals surface area contributed by atoms with Crippen molar-refractivity contribution in [3.63, 3.8) is 0 Å². The highest BCUT2D eigenvalue weighted by Crippen LogP contribution is 2.44. The fraction of sp³-hybridized carbons (Fsp3) is 0.647. The SMILES string of the molecule is CC(C)NCCC(=O)OCC(=O)Nc1ccn([C@@H]2O[C@H](COP(=O)(O)O)[C@@H](O)C2(F)F)c(=O)n1. The van der Waals surface area contributed by atoms with Crippen molar-refractivity contribution in [2.45, 2.75) is 50.7 Å². The summed E-state index contributed by atoms with van der Waals surface area (Å²) in [6.45, 7) is 2.40. The van der Waals surface area contributed by atoms with Crippen molar-refractivity contribution in [3.05, 3.63) is 22.7 Å². The number of esters is 1. The van der Waals surface area contributed by atoms with Crippen LogP contribution in [0.5, 0.6) is 0 Å². The number of ether oxygens (including phenoxy) is 2. The summed E-state index contributed by atoms with van der Waals surface area (Å²) in [4.78, 5) is 56.5. The zero-order valence-corrected chi connectivity index (χ0v) is 19.0. The van der Waals surface area contributed by atoms with Gasteiger partial charge < -0.3 is 35.0 Å². The second kappa shape index (κ2) is 11.4. The van der Waals surface area contributed by atoms with E-state index < -0.39 is 63.0 Å². The van der Waals surface area contributed by atoms with Crippen molar-refractivity contribution in [2.75, 3.05) is 25.1 Å². The highest BCUT2D eigenvalue weighted by atomic mass is 31.2. The molecule has 14 nitrogen and oxygen atoms in total. The van der Waals surface area contributed by atoms with Crippen LogP contribution in [0.3, 0.4) is 0 Å². The molecule has 2 heterocycles. The summed E-state index contributed by atoms with van der Waals surface area (Å²) >= 11 is 0. The number of rotatable bonds is 11. The molecule has 17 heteroatoms. The van der Waals surface area contributed by atoms with Crippen LogP contribution in [0.25, 0.3) is 0 Å². The lowest BCUT2D eigenvalue weighted by molar-refractivity contribution is -0.147. The van der Waals surface area contributed by atoms with E-state index in [-0.39, 0.29) is 18.3 Å².